The van der Waals surface area contributed by atoms with E-state index in [-0.39, 0.29) is 24.5 Å². The number of hydrogen-bond donors (Lipinski definition) is 0. The van der Waals surface area contributed by atoms with Crippen LogP contribution in [0.15, 0.2) is 71.9 Å². The summed E-state index contributed by atoms with van der Waals surface area (Å²) in [4.78, 5) is 17.5. The molecule has 0 saturated carbocycles. The molecule has 2 aromatic rings. The highest BCUT2D eigenvalue weighted by molar-refractivity contribution is 7.96. The van der Waals surface area contributed by atoms with Gasteiger partial charge in [0.2, 0.25) is 15.6 Å². The summed E-state index contributed by atoms with van der Waals surface area (Å²) in [5.74, 6) is -2.97. The fourth-order valence-corrected chi connectivity index (χ4v) is 6.81. The first-order chi connectivity index (χ1) is 19.5. The number of aromatic nitrogens is 1. The standard InChI is InChI=1S/C27H25F6N3O4S2/c1-25(27(31,32)33,40-24(37)26(28,29)30)19-6-8-20(9-7-19)36-15-14-35(17-21(36)16-18-10-12-34-13-11-18)42(38,39)23-5-3-2-4-22(23)41/h2-3,5-13,21H,4,14-17H2,1H3/t21-,25+/m1/s1. The molecular formula is C27H25F6N3O4S2. The van der Waals surface area contributed by atoms with Crippen molar-refractivity contribution in [1.82, 2.24) is 9.29 Å². The van der Waals surface area contributed by atoms with Gasteiger partial charge < -0.3 is 9.64 Å². The summed E-state index contributed by atoms with van der Waals surface area (Å²) < 4.78 is 112. The molecule has 0 N–H and O–H groups in total. The van der Waals surface area contributed by atoms with Crippen LogP contribution in [0, 0.1) is 0 Å². The third-order valence-corrected chi connectivity index (χ3v) is 9.53. The van der Waals surface area contributed by atoms with Crippen molar-refractivity contribution in [2.24, 2.45) is 0 Å². The molecule has 0 radical (unpaired) electrons. The Morgan fingerprint density at radius 2 is 1.69 bits per heavy atom. The van der Waals surface area contributed by atoms with Gasteiger partial charge in [0.05, 0.1) is 4.91 Å². The molecule has 226 valence electrons. The predicted molar refractivity (Wildman–Crippen MR) is 146 cm³/mol. The first kappa shape index (κ1) is 31.6. The van der Waals surface area contributed by atoms with Crippen LogP contribution < -0.4 is 4.90 Å². The number of halogens is 6. The van der Waals surface area contributed by atoms with Crippen LogP contribution in [-0.4, -0.2) is 66.6 Å². The van der Waals surface area contributed by atoms with Gasteiger partial charge in [0.25, 0.3) is 0 Å². The third-order valence-electron chi connectivity index (χ3n) is 7.06. The highest BCUT2D eigenvalue weighted by Gasteiger charge is 2.59. The maximum atomic E-state index is 13.9. The Bertz CT molecular complexity index is 1490. The Morgan fingerprint density at radius 1 is 1.05 bits per heavy atom. The van der Waals surface area contributed by atoms with Crippen LogP contribution in [0.25, 0.3) is 0 Å². The van der Waals surface area contributed by atoms with Crippen molar-refractivity contribution in [1.29, 1.82) is 0 Å². The van der Waals surface area contributed by atoms with E-state index < -0.39 is 45.6 Å². The summed E-state index contributed by atoms with van der Waals surface area (Å²) in [6, 6.07) is 7.45. The zero-order chi connectivity index (χ0) is 30.9. The van der Waals surface area contributed by atoms with Gasteiger partial charge >= 0.3 is 18.3 Å². The van der Waals surface area contributed by atoms with E-state index in [9.17, 15) is 39.6 Å². The van der Waals surface area contributed by atoms with Crippen molar-refractivity contribution < 1.29 is 44.3 Å². The summed E-state index contributed by atoms with van der Waals surface area (Å²) in [6.07, 6.45) is -2.34. The molecule has 42 heavy (non-hydrogen) atoms. The molecule has 1 aliphatic heterocycles. The fourth-order valence-electron chi connectivity index (χ4n) is 4.74. The minimum Gasteiger partial charge on any atom is -0.438 e. The van der Waals surface area contributed by atoms with Gasteiger partial charge in [-0.3, -0.25) is 4.98 Å². The Hall–Kier alpha value is -3.30. The molecule has 4 rings (SSSR count). The molecule has 15 heteroatoms. The van der Waals surface area contributed by atoms with E-state index in [1.807, 2.05) is 4.90 Å². The number of allylic oxidation sites excluding steroid dienone is 4. The van der Waals surface area contributed by atoms with Crippen LogP contribution >= 0.6 is 12.2 Å². The topological polar surface area (TPSA) is 79.8 Å². The van der Waals surface area contributed by atoms with Crippen molar-refractivity contribution in [3.05, 3.63) is 83.1 Å². The summed E-state index contributed by atoms with van der Waals surface area (Å²) in [5.41, 5.74) is -3.05. The van der Waals surface area contributed by atoms with Crippen LogP contribution in [0.5, 0.6) is 0 Å². The number of carbonyl (C=O) groups excluding carboxylic acids is 1. The number of ether oxygens (including phenoxy) is 1. The van der Waals surface area contributed by atoms with E-state index in [4.69, 9.17) is 12.2 Å². The molecular weight excluding hydrogens is 608 g/mol. The van der Waals surface area contributed by atoms with E-state index in [0.717, 1.165) is 17.7 Å². The number of esters is 1. The number of anilines is 1. The van der Waals surface area contributed by atoms with Gasteiger partial charge in [0.1, 0.15) is 0 Å². The second-order valence-corrected chi connectivity index (χ2v) is 12.2. The van der Waals surface area contributed by atoms with Gasteiger partial charge in [-0.1, -0.05) is 36.5 Å². The third kappa shape index (κ3) is 6.52. The largest absolute Gasteiger partial charge is 0.490 e. The predicted octanol–water partition coefficient (Wildman–Crippen LogP) is 5.24. The molecule has 1 aromatic carbocycles. The molecule has 2 heterocycles. The zero-order valence-corrected chi connectivity index (χ0v) is 23.7. The molecule has 1 fully saturated rings. The van der Waals surface area contributed by atoms with E-state index in [1.165, 1.54) is 22.5 Å². The van der Waals surface area contributed by atoms with Gasteiger partial charge in [0.15, 0.2) is 0 Å². The number of rotatable bonds is 7. The van der Waals surface area contributed by atoms with Crippen LogP contribution in [0.3, 0.4) is 0 Å². The number of hydrogen-bond acceptors (Lipinski definition) is 7. The van der Waals surface area contributed by atoms with E-state index in [0.29, 0.717) is 30.3 Å². The molecule has 0 unspecified atom stereocenters. The minimum atomic E-state index is -5.62. The van der Waals surface area contributed by atoms with Crippen molar-refractivity contribution in [2.75, 3.05) is 24.5 Å². The maximum Gasteiger partial charge on any atom is 0.490 e. The first-order valence-electron chi connectivity index (χ1n) is 12.6. The van der Waals surface area contributed by atoms with Crippen LogP contribution in [0.2, 0.25) is 0 Å². The van der Waals surface area contributed by atoms with E-state index in [1.54, 1.807) is 36.7 Å². The number of sulfonamides is 1. The number of nitrogens with zero attached hydrogens (tertiary/aromatic N) is 3. The molecule has 1 aliphatic carbocycles. The number of alkyl halides is 6. The lowest BCUT2D eigenvalue weighted by atomic mass is 9.94. The van der Waals surface area contributed by atoms with Crippen molar-refractivity contribution in [3.63, 3.8) is 0 Å². The lowest BCUT2D eigenvalue weighted by Gasteiger charge is -2.43. The van der Waals surface area contributed by atoms with Crippen LogP contribution in [0.1, 0.15) is 24.5 Å². The molecule has 0 spiro atoms. The number of benzene rings is 1. The Balaban J connectivity index is 1.65. The molecule has 0 amide bonds. The Morgan fingerprint density at radius 3 is 2.26 bits per heavy atom. The highest BCUT2D eigenvalue weighted by Crippen LogP contribution is 2.44. The minimum absolute atomic E-state index is 0.0273. The molecule has 2 aliphatic rings. The van der Waals surface area contributed by atoms with Crippen LogP contribution in [-0.2, 0) is 31.6 Å². The monoisotopic (exact) mass is 633 g/mol. The zero-order valence-electron chi connectivity index (χ0n) is 22.0. The average molecular weight is 634 g/mol. The number of carbonyl (C=O) groups is 1. The van der Waals surface area contributed by atoms with E-state index >= 15 is 0 Å². The SMILES string of the molecule is C[C@](OC(=O)C(F)(F)F)(c1ccc(N2CCN(S(=O)(=O)C3=CC=CCC3=S)C[C@H]2Cc2ccncc2)cc1)C(F)(F)F. The van der Waals surface area contributed by atoms with Gasteiger partial charge in [-0.05, 0) is 49.2 Å². The summed E-state index contributed by atoms with van der Waals surface area (Å²) >= 11 is 5.28. The first-order valence-corrected chi connectivity index (χ1v) is 14.4. The molecule has 7 nitrogen and oxygen atoms in total. The lowest BCUT2D eigenvalue weighted by Crippen LogP contribution is -2.56. The summed E-state index contributed by atoms with van der Waals surface area (Å²) in [6.45, 7) is 0.578. The Labute approximate surface area is 243 Å². The molecule has 1 aromatic heterocycles. The number of piperazine rings is 1. The fraction of sp³-hybridized carbons (Fsp3) is 0.370. The maximum absolute atomic E-state index is 13.9. The van der Waals surface area contributed by atoms with E-state index in [2.05, 4.69) is 9.72 Å². The number of thiocarbonyl (C=S) groups is 1. The Kier molecular flexibility index (Phi) is 8.86. The average Bonchev–Trinajstić information content (AvgIpc) is 2.92. The lowest BCUT2D eigenvalue weighted by molar-refractivity contribution is -0.285. The van der Waals surface area contributed by atoms with Gasteiger partial charge in [0, 0.05) is 60.6 Å². The normalized spacial score (nSPS) is 20.2. The van der Waals surface area contributed by atoms with Crippen molar-refractivity contribution in [2.45, 2.75) is 43.8 Å². The second kappa shape index (κ2) is 11.8. The quantitative estimate of drug-likeness (QED) is 0.235. The smallest absolute Gasteiger partial charge is 0.438 e. The summed E-state index contributed by atoms with van der Waals surface area (Å²) in [5, 5.41) is 0. The van der Waals surface area contributed by atoms with Gasteiger partial charge in [-0.2, -0.15) is 30.6 Å². The number of pyridine rings is 1. The molecule has 2 atom stereocenters. The van der Waals surface area contributed by atoms with Crippen molar-refractivity contribution in [3.8, 4) is 0 Å². The van der Waals surface area contributed by atoms with Crippen molar-refractivity contribution >= 4 is 38.8 Å². The van der Waals surface area contributed by atoms with Crippen LogP contribution in [0.4, 0.5) is 32.0 Å². The highest BCUT2D eigenvalue weighted by atomic mass is 32.2. The summed E-state index contributed by atoms with van der Waals surface area (Å²) in [7, 11) is -3.93. The molecule has 1 saturated heterocycles. The second-order valence-electron chi connectivity index (χ2n) is 9.82. The molecule has 0 bridgehead atoms. The van der Waals surface area contributed by atoms with Gasteiger partial charge in [-0.15, -0.1) is 0 Å². The van der Waals surface area contributed by atoms with Gasteiger partial charge in [-0.25, -0.2) is 13.2 Å².